The second-order valence-corrected chi connectivity index (χ2v) is 5.10. The smallest absolute Gasteiger partial charge is 0.0195 e. The van der Waals surface area contributed by atoms with Gasteiger partial charge >= 0.3 is 0 Å². The molecule has 0 aliphatic carbocycles. The fourth-order valence-corrected chi connectivity index (χ4v) is 2.40. The van der Waals surface area contributed by atoms with Crippen molar-refractivity contribution < 1.29 is 0 Å². The molecule has 0 aromatic heterocycles. The van der Waals surface area contributed by atoms with Crippen molar-refractivity contribution in [2.24, 2.45) is 0 Å². The zero-order chi connectivity index (χ0) is 11.8. The molecule has 1 N–H and O–H groups in total. The van der Waals surface area contributed by atoms with Crippen molar-refractivity contribution in [1.29, 1.82) is 0 Å². The molecule has 1 aliphatic heterocycles. The molecular weight excluding hydrogens is 198 g/mol. The Hall–Kier alpha value is -0.120. The Morgan fingerprint density at radius 3 is 2.81 bits per heavy atom. The van der Waals surface area contributed by atoms with E-state index in [1.807, 2.05) is 0 Å². The molecule has 96 valence electrons. The molecule has 0 saturated carbocycles. The Balaban J connectivity index is 2.14. The Morgan fingerprint density at radius 1 is 1.25 bits per heavy atom. The molecule has 0 aromatic carbocycles. The monoisotopic (exact) mass is 227 g/mol. The Morgan fingerprint density at radius 2 is 2.06 bits per heavy atom. The summed E-state index contributed by atoms with van der Waals surface area (Å²) in [6.07, 6.45) is 3.91. The highest BCUT2D eigenvalue weighted by Crippen LogP contribution is 2.07. The normalized spacial score (nSPS) is 24.6. The van der Waals surface area contributed by atoms with E-state index < -0.39 is 0 Å². The van der Waals surface area contributed by atoms with E-state index in [9.17, 15) is 0 Å². The first kappa shape index (κ1) is 13.9. The topological polar surface area (TPSA) is 18.5 Å². The van der Waals surface area contributed by atoms with E-state index >= 15 is 0 Å². The van der Waals surface area contributed by atoms with Crippen molar-refractivity contribution >= 4 is 0 Å². The maximum Gasteiger partial charge on any atom is 0.0195 e. The summed E-state index contributed by atoms with van der Waals surface area (Å²) in [6, 6.07) is 0.709. The van der Waals surface area contributed by atoms with E-state index in [1.54, 1.807) is 0 Å². The van der Waals surface area contributed by atoms with Gasteiger partial charge in [0.05, 0.1) is 0 Å². The summed E-state index contributed by atoms with van der Waals surface area (Å²) in [5, 5.41) is 3.53. The summed E-state index contributed by atoms with van der Waals surface area (Å²) in [5.74, 6) is 0. The van der Waals surface area contributed by atoms with E-state index in [2.05, 4.69) is 36.0 Å². The number of likely N-dealkylation sites (N-methyl/N-ethyl adjacent to an activating group) is 1. The lowest BCUT2D eigenvalue weighted by Crippen LogP contribution is -2.41. The Kier molecular flexibility index (Phi) is 7.01. The van der Waals surface area contributed by atoms with Gasteiger partial charge in [0.25, 0.3) is 0 Å². The van der Waals surface area contributed by atoms with Crippen LogP contribution in [0.15, 0.2) is 0 Å². The highest BCUT2D eigenvalue weighted by Gasteiger charge is 2.18. The van der Waals surface area contributed by atoms with Gasteiger partial charge in [0, 0.05) is 25.7 Å². The molecule has 1 heterocycles. The number of hydrogen-bond donors (Lipinski definition) is 1. The van der Waals surface area contributed by atoms with Crippen LogP contribution >= 0.6 is 0 Å². The fourth-order valence-electron chi connectivity index (χ4n) is 2.40. The van der Waals surface area contributed by atoms with E-state index in [4.69, 9.17) is 0 Å². The van der Waals surface area contributed by atoms with Crippen LogP contribution in [0.25, 0.3) is 0 Å². The van der Waals surface area contributed by atoms with Crippen molar-refractivity contribution in [2.45, 2.75) is 39.2 Å². The van der Waals surface area contributed by atoms with Crippen molar-refractivity contribution in [3.05, 3.63) is 0 Å². The van der Waals surface area contributed by atoms with Gasteiger partial charge < -0.3 is 10.2 Å². The average molecular weight is 227 g/mol. The minimum atomic E-state index is 0.709. The number of rotatable bonds is 6. The molecule has 0 aromatic rings. The third-order valence-electron chi connectivity index (χ3n) is 3.47. The summed E-state index contributed by atoms with van der Waals surface area (Å²) in [6.45, 7) is 11.9. The van der Waals surface area contributed by atoms with Crippen LogP contribution in [0.5, 0.6) is 0 Å². The summed E-state index contributed by atoms with van der Waals surface area (Å²) in [5.41, 5.74) is 0. The highest BCUT2D eigenvalue weighted by molar-refractivity contribution is 4.75. The largest absolute Gasteiger partial charge is 0.315 e. The van der Waals surface area contributed by atoms with Gasteiger partial charge in [-0.05, 0) is 46.4 Å². The van der Waals surface area contributed by atoms with Crippen molar-refractivity contribution in [3.63, 3.8) is 0 Å². The van der Waals surface area contributed by atoms with E-state index in [1.165, 1.54) is 52.0 Å². The van der Waals surface area contributed by atoms with Crippen LogP contribution in [0.4, 0.5) is 0 Å². The van der Waals surface area contributed by atoms with Crippen molar-refractivity contribution in [2.75, 3.05) is 46.3 Å². The van der Waals surface area contributed by atoms with Gasteiger partial charge in [-0.25, -0.2) is 0 Å². The van der Waals surface area contributed by atoms with Crippen LogP contribution in [-0.2, 0) is 0 Å². The number of nitrogens with one attached hydrogen (secondary N) is 1. The average Bonchev–Trinajstić information content (AvgIpc) is 2.40. The molecule has 3 heteroatoms. The van der Waals surface area contributed by atoms with Gasteiger partial charge in [0.2, 0.25) is 0 Å². The quantitative estimate of drug-likeness (QED) is 0.692. The highest BCUT2D eigenvalue weighted by atomic mass is 15.2. The maximum atomic E-state index is 3.53. The van der Waals surface area contributed by atoms with E-state index in [0.29, 0.717) is 6.04 Å². The standard InChI is InChI=1S/C13H29N3/c1-4-5-7-14-8-11-16-10-6-9-15(3)12-13(16)2/h13-14H,4-12H2,1-3H3. The van der Waals surface area contributed by atoms with Gasteiger partial charge in [-0.1, -0.05) is 13.3 Å². The van der Waals surface area contributed by atoms with Crippen molar-refractivity contribution in [1.82, 2.24) is 15.1 Å². The predicted molar refractivity (Wildman–Crippen MR) is 70.9 cm³/mol. The van der Waals surface area contributed by atoms with Gasteiger partial charge in [0.1, 0.15) is 0 Å². The summed E-state index contributed by atoms with van der Waals surface area (Å²) in [7, 11) is 2.24. The summed E-state index contributed by atoms with van der Waals surface area (Å²) < 4.78 is 0. The van der Waals surface area contributed by atoms with Gasteiger partial charge in [-0.15, -0.1) is 0 Å². The SMILES string of the molecule is CCCCNCCN1CCCN(C)CC1C. The zero-order valence-corrected chi connectivity index (χ0v) is 11.3. The van der Waals surface area contributed by atoms with Crippen LogP contribution in [0.2, 0.25) is 0 Å². The predicted octanol–water partition coefficient (Wildman–Crippen LogP) is 1.40. The Labute approximate surface area is 101 Å². The van der Waals surface area contributed by atoms with E-state index in [0.717, 1.165) is 6.54 Å². The zero-order valence-electron chi connectivity index (χ0n) is 11.3. The molecule has 1 unspecified atom stereocenters. The van der Waals surface area contributed by atoms with Crippen LogP contribution < -0.4 is 5.32 Å². The lowest BCUT2D eigenvalue weighted by Gasteiger charge is -2.27. The molecule has 1 fully saturated rings. The maximum absolute atomic E-state index is 3.53. The second-order valence-electron chi connectivity index (χ2n) is 5.10. The summed E-state index contributed by atoms with van der Waals surface area (Å²) in [4.78, 5) is 5.08. The van der Waals surface area contributed by atoms with Gasteiger partial charge in [-0.2, -0.15) is 0 Å². The first-order valence-corrected chi connectivity index (χ1v) is 6.87. The molecular formula is C13H29N3. The van der Waals surface area contributed by atoms with Gasteiger partial charge in [0.15, 0.2) is 0 Å². The van der Waals surface area contributed by atoms with Crippen LogP contribution in [-0.4, -0.2) is 62.2 Å². The van der Waals surface area contributed by atoms with Crippen LogP contribution in [0, 0.1) is 0 Å². The molecule has 3 nitrogen and oxygen atoms in total. The first-order valence-electron chi connectivity index (χ1n) is 6.87. The minimum absolute atomic E-state index is 0.709. The second kappa shape index (κ2) is 8.04. The molecule has 0 radical (unpaired) electrons. The first-order chi connectivity index (χ1) is 7.74. The molecule has 1 atom stereocenters. The number of unbranched alkanes of at least 4 members (excludes halogenated alkanes) is 1. The molecule has 0 spiro atoms. The molecule has 1 rings (SSSR count). The third-order valence-corrected chi connectivity index (χ3v) is 3.47. The van der Waals surface area contributed by atoms with Gasteiger partial charge in [-0.3, -0.25) is 4.90 Å². The molecule has 1 saturated heterocycles. The molecule has 0 bridgehead atoms. The third kappa shape index (κ3) is 5.28. The molecule has 1 aliphatic rings. The van der Waals surface area contributed by atoms with Crippen LogP contribution in [0.1, 0.15) is 33.1 Å². The summed E-state index contributed by atoms with van der Waals surface area (Å²) >= 11 is 0. The fraction of sp³-hybridized carbons (Fsp3) is 1.00. The minimum Gasteiger partial charge on any atom is -0.315 e. The number of nitrogens with zero attached hydrogens (tertiary/aromatic N) is 2. The van der Waals surface area contributed by atoms with Crippen molar-refractivity contribution in [3.8, 4) is 0 Å². The molecule has 16 heavy (non-hydrogen) atoms. The van der Waals surface area contributed by atoms with Crippen LogP contribution in [0.3, 0.4) is 0 Å². The van der Waals surface area contributed by atoms with E-state index in [-0.39, 0.29) is 0 Å². The molecule has 0 amide bonds. The lowest BCUT2D eigenvalue weighted by molar-refractivity contribution is 0.203. The lowest BCUT2D eigenvalue weighted by atomic mass is 10.2. The Bertz CT molecular complexity index is 173. The number of hydrogen-bond acceptors (Lipinski definition) is 3.